The normalized spacial score (nSPS) is 22.8. The molecule has 0 amide bonds. The Hall–Kier alpha value is -1.26. The maximum absolute atomic E-state index is 11.6. The molecular weight excluding hydrogens is 278 g/mol. The lowest BCUT2D eigenvalue weighted by molar-refractivity contribution is -0.146. The van der Waals surface area contributed by atoms with Gasteiger partial charge in [-0.05, 0) is 18.1 Å². The van der Waals surface area contributed by atoms with Gasteiger partial charge in [-0.1, -0.05) is 30.7 Å². The Morgan fingerprint density at radius 3 is 2.85 bits per heavy atom. The van der Waals surface area contributed by atoms with E-state index in [2.05, 4.69) is 11.8 Å². The molecule has 5 heteroatoms. The molecule has 0 aromatic heterocycles. The SMILES string of the molecule is COC(=O)C1CN(CCOc2ccccc2Cl)CC1C. The van der Waals surface area contributed by atoms with E-state index in [9.17, 15) is 4.79 Å². The summed E-state index contributed by atoms with van der Waals surface area (Å²) in [7, 11) is 1.44. The van der Waals surface area contributed by atoms with Gasteiger partial charge in [0.2, 0.25) is 0 Å². The largest absolute Gasteiger partial charge is 0.491 e. The van der Waals surface area contributed by atoms with Gasteiger partial charge in [-0.2, -0.15) is 0 Å². The molecule has 1 aromatic carbocycles. The number of likely N-dealkylation sites (tertiary alicyclic amines) is 1. The summed E-state index contributed by atoms with van der Waals surface area (Å²) in [6.45, 7) is 5.05. The zero-order valence-corrected chi connectivity index (χ0v) is 12.6. The molecule has 2 atom stereocenters. The second kappa shape index (κ2) is 6.95. The molecule has 1 heterocycles. The van der Waals surface area contributed by atoms with Crippen molar-refractivity contribution < 1.29 is 14.3 Å². The summed E-state index contributed by atoms with van der Waals surface area (Å²) in [5.41, 5.74) is 0. The van der Waals surface area contributed by atoms with E-state index in [0.29, 0.717) is 23.3 Å². The van der Waals surface area contributed by atoms with Crippen LogP contribution in [0.15, 0.2) is 24.3 Å². The fourth-order valence-corrected chi connectivity index (χ4v) is 2.74. The molecule has 2 rings (SSSR count). The summed E-state index contributed by atoms with van der Waals surface area (Å²) < 4.78 is 10.5. The number of esters is 1. The average Bonchev–Trinajstić information content (AvgIpc) is 2.81. The van der Waals surface area contributed by atoms with Gasteiger partial charge in [0.25, 0.3) is 0 Å². The van der Waals surface area contributed by atoms with Crippen LogP contribution in [0.1, 0.15) is 6.92 Å². The molecule has 0 radical (unpaired) electrons. The van der Waals surface area contributed by atoms with Crippen LogP contribution in [0.2, 0.25) is 5.02 Å². The van der Waals surface area contributed by atoms with Gasteiger partial charge in [0, 0.05) is 19.6 Å². The molecule has 1 aliphatic rings. The van der Waals surface area contributed by atoms with E-state index in [4.69, 9.17) is 21.1 Å². The van der Waals surface area contributed by atoms with Crippen molar-refractivity contribution in [2.45, 2.75) is 6.92 Å². The van der Waals surface area contributed by atoms with Crippen LogP contribution in [-0.4, -0.2) is 44.2 Å². The second-order valence-corrected chi connectivity index (χ2v) is 5.55. The fourth-order valence-electron chi connectivity index (χ4n) is 2.55. The number of rotatable bonds is 5. The minimum atomic E-state index is -0.118. The number of carbonyl (C=O) groups excluding carboxylic acids is 1. The van der Waals surface area contributed by atoms with Crippen LogP contribution < -0.4 is 4.74 Å². The van der Waals surface area contributed by atoms with Crippen LogP contribution >= 0.6 is 11.6 Å². The zero-order valence-electron chi connectivity index (χ0n) is 11.8. The first-order valence-electron chi connectivity index (χ1n) is 6.79. The number of hydrogen-bond acceptors (Lipinski definition) is 4. The minimum Gasteiger partial charge on any atom is -0.491 e. The molecule has 110 valence electrons. The molecule has 1 aromatic rings. The summed E-state index contributed by atoms with van der Waals surface area (Å²) in [4.78, 5) is 13.8. The van der Waals surface area contributed by atoms with Crippen LogP contribution in [0.25, 0.3) is 0 Å². The highest BCUT2D eigenvalue weighted by Gasteiger charge is 2.35. The van der Waals surface area contributed by atoms with Crippen molar-refractivity contribution in [1.82, 2.24) is 4.90 Å². The summed E-state index contributed by atoms with van der Waals surface area (Å²) in [5.74, 6) is 0.876. The van der Waals surface area contributed by atoms with Gasteiger partial charge in [-0.3, -0.25) is 9.69 Å². The average molecular weight is 298 g/mol. The molecule has 0 aliphatic carbocycles. The molecule has 1 aliphatic heterocycles. The number of halogens is 1. The molecule has 1 fully saturated rings. The first-order chi connectivity index (χ1) is 9.61. The van der Waals surface area contributed by atoms with Gasteiger partial charge >= 0.3 is 5.97 Å². The van der Waals surface area contributed by atoms with Crippen molar-refractivity contribution in [3.8, 4) is 5.75 Å². The molecule has 0 saturated carbocycles. The predicted octanol–water partition coefficient (Wildman–Crippen LogP) is 2.46. The number of methoxy groups -OCH3 is 1. The smallest absolute Gasteiger partial charge is 0.310 e. The Bertz CT molecular complexity index is 466. The van der Waals surface area contributed by atoms with Crippen molar-refractivity contribution in [2.75, 3.05) is 33.4 Å². The Morgan fingerprint density at radius 2 is 2.15 bits per heavy atom. The maximum Gasteiger partial charge on any atom is 0.310 e. The maximum atomic E-state index is 11.6. The molecule has 0 N–H and O–H groups in total. The molecule has 1 saturated heterocycles. The highest BCUT2D eigenvalue weighted by molar-refractivity contribution is 6.32. The number of nitrogens with zero attached hydrogens (tertiary/aromatic N) is 1. The van der Waals surface area contributed by atoms with Crippen molar-refractivity contribution >= 4 is 17.6 Å². The molecule has 0 spiro atoms. The van der Waals surface area contributed by atoms with Crippen molar-refractivity contribution in [1.29, 1.82) is 0 Å². The van der Waals surface area contributed by atoms with Crippen LogP contribution in [0, 0.1) is 11.8 Å². The van der Waals surface area contributed by atoms with Gasteiger partial charge in [0.15, 0.2) is 0 Å². The van der Waals surface area contributed by atoms with E-state index >= 15 is 0 Å². The topological polar surface area (TPSA) is 38.8 Å². The van der Waals surface area contributed by atoms with Crippen LogP contribution in [0.5, 0.6) is 5.75 Å². The van der Waals surface area contributed by atoms with Crippen LogP contribution in [-0.2, 0) is 9.53 Å². The van der Waals surface area contributed by atoms with Gasteiger partial charge in [-0.25, -0.2) is 0 Å². The number of benzene rings is 1. The highest BCUT2D eigenvalue weighted by atomic mass is 35.5. The van der Waals surface area contributed by atoms with Crippen molar-refractivity contribution in [3.05, 3.63) is 29.3 Å². The first kappa shape index (κ1) is 15.1. The molecule has 0 bridgehead atoms. The third-order valence-corrected chi connectivity index (χ3v) is 4.01. The van der Waals surface area contributed by atoms with E-state index in [1.807, 2.05) is 24.3 Å². The van der Waals surface area contributed by atoms with Gasteiger partial charge in [-0.15, -0.1) is 0 Å². The number of hydrogen-bond donors (Lipinski definition) is 0. The lowest BCUT2D eigenvalue weighted by Gasteiger charge is -2.16. The summed E-state index contributed by atoms with van der Waals surface area (Å²) in [6.07, 6.45) is 0. The van der Waals surface area contributed by atoms with E-state index in [1.165, 1.54) is 7.11 Å². The summed E-state index contributed by atoms with van der Waals surface area (Å²) in [5, 5.41) is 0.620. The monoisotopic (exact) mass is 297 g/mol. The summed E-state index contributed by atoms with van der Waals surface area (Å²) >= 11 is 6.03. The van der Waals surface area contributed by atoms with E-state index in [-0.39, 0.29) is 11.9 Å². The first-order valence-corrected chi connectivity index (χ1v) is 7.17. The fraction of sp³-hybridized carbons (Fsp3) is 0.533. The zero-order chi connectivity index (χ0) is 14.5. The number of para-hydroxylation sites is 1. The van der Waals surface area contributed by atoms with Gasteiger partial charge < -0.3 is 9.47 Å². The Labute approximate surface area is 124 Å². The van der Waals surface area contributed by atoms with Crippen LogP contribution in [0.3, 0.4) is 0 Å². The molecule has 2 unspecified atom stereocenters. The molecule has 20 heavy (non-hydrogen) atoms. The second-order valence-electron chi connectivity index (χ2n) is 5.15. The lowest BCUT2D eigenvalue weighted by atomic mass is 9.99. The predicted molar refractivity (Wildman–Crippen MR) is 78.1 cm³/mol. The van der Waals surface area contributed by atoms with Crippen molar-refractivity contribution in [3.63, 3.8) is 0 Å². The number of ether oxygens (including phenoxy) is 2. The Balaban J connectivity index is 1.78. The lowest BCUT2D eigenvalue weighted by Crippen LogP contribution is -2.28. The Kier molecular flexibility index (Phi) is 5.26. The van der Waals surface area contributed by atoms with E-state index in [0.717, 1.165) is 19.6 Å². The third-order valence-electron chi connectivity index (χ3n) is 3.69. The third kappa shape index (κ3) is 3.64. The highest BCUT2D eigenvalue weighted by Crippen LogP contribution is 2.25. The van der Waals surface area contributed by atoms with E-state index < -0.39 is 0 Å². The van der Waals surface area contributed by atoms with Gasteiger partial charge in [0.05, 0.1) is 18.1 Å². The van der Waals surface area contributed by atoms with Gasteiger partial charge in [0.1, 0.15) is 12.4 Å². The molecule has 4 nitrogen and oxygen atoms in total. The van der Waals surface area contributed by atoms with E-state index in [1.54, 1.807) is 0 Å². The molecular formula is C15H20ClNO3. The Morgan fingerprint density at radius 1 is 1.40 bits per heavy atom. The minimum absolute atomic E-state index is 0.0275. The standard InChI is InChI=1S/C15H20ClNO3/c1-11-9-17(10-12(11)15(18)19-2)7-8-20-14-6-4-3-5-13(14)16/h3-6,11-12H,7-10H2,1-2H3. The van der Waals surface area contributed by atoms with Crippen molar-refractivity contribution in [2.24, 2.45) is 11.8 Å². The summed E-state index contributed by atoms with van der Waals surface area (Å²) in [6, 6.07) is 7.43. The number of carbonyl (C=O) groups is 1. The van der Waals surface area contributed by atoms with Crippen LogP contribution in [0.4, 0.5) is 0 Å². The quantitative estimate of drug-likeness (QED) is 0.783.